The van der Waals surface area contributed by atoms with Crippen LogP contribution in [0.2, 0.25) is 0 Å². The predicted molar refractivity (Wildman–Crippen MR) is 100 cm³/mol. The molecule has 0 radical (unpaired) electrons. The minimum atomic E-state index is 0.150. The van der Waals surface area contributed by atoms with Gasteiger partial charge in [-0.2, -0.15) is 0 Å². The number of para-hydroxylation sites is 1. The molecule has 0 unspecified atom stereocenters. The van der Waals surface area contributed by atoms with Crippen LogP contribution in [-0.4, -0.2) is 29.9 Å². The number of nitrogens with zero attached hydrogens (tertiary/aromatic N) is 1. The van der Waals surface area contributed by atoms with E-state index >= 15 is 0 Å². The van der Waals surface area contributed by atoms with Crippen LogP contribution in [0.5, 0.6) is 0 Å². The van der Waals surface area contributed by atoms with Gasteiger partial charge in [-0.25, -0.2) is 0 Å². The van der Waals surface area contributed by atoms with E-state index < -0.39 is 0 Å². The molecule has 2 fully saturated rings. The molecule has 1 amide bonds. The first-order valence-corrected chi connectivity index (χ1v) is 9.69. The van der Waals surface area contributed by atoms with Crippen molar-refractivity contribution in [2.24, 2.45) is 5.92 Å². The number of carbonyl (C=O) groups is 1. The van der Waals surface area contributed by atoms with Crippen molar-refractivity contribution in [2.75, 3.05) is 18.4 Å². The number of piperidine rings is 1. The largest absolute Gasteiger partial charge is 0.324 e. The highest BCUT2D eigenvalue weighted by Gasteiger charge is 2.33. The quantitative estimate of drug-likeness (QED) is 0.868. The maximum atomic E-state index is 12.7. The average Bonchev–Trinajstić information content (AvgIpc) is 2.57. The van der Waals surface area contributed by atoms with Crippen LogP contribution >= 0.6 is 0 Å². The van der Waals surface area contributed by atoms with Gasteiger partial charge in [0.2, 0.25) is 5.91 Å². The van der Waals surface area contributed by atoms with Crippen LogP contribution in [0.3, 0.4) is 0 Å². The van der Waals surface area contributed by atoms with Gasteiger partial charge in [-0.3, -0.25) is 9.69 Å². The first-order chi connectivity index (χ1) is 11.6. The van der Waals surface area contributed by atoms with E-state index in [-0.39, 0.29) is 5.91 Å². The molecule has 1 aliphatic heterocycles. The molecule has 1 saturated carbocycles. The van der Waals surface area contributed by atoms with Crippen LogP contribution in [0.4, 0.5) is 5.69 Å². The number of aryl methyl sites for hydroxylation is 1. The molecular weight excluding hydrogens is 296 g/mol. The number of carbonyl (C=O) groups excluding carboxylic acids is 1. The van der Waals surface area contributed by atoms with E-state index in [0.29, 0.717) is 18.5 Å². The summed E-state index contributed by atoms with van der Waals surface area (Å²) in [6.07, 6.45) is 7.95. The van der Waals surface area contributed by atoms with Crippen LogP contribution in [0, 0.1) is 12.8 Å². The van der Waals surface area contributed by atoms with Crippen molar-refractivity contribution in [3.05, 3.63) is 29.3 Å². The zero-order chi connectivity index (χ0) is 17.1. The summed E-state index contributed by atoms with van der Waals surface area (Å²) in [6.45, 7) is 8.08. The molecule has 2 aliphatic rings. The summed E-state index contributed by atoms with van der Waals surface area (Å²) in [5, 5.41) is 3.22. The molecule has 1 heterocycles. The number of likely N-dealkylation sites (tertiary alicyclic amines) is 1. The SMILES string of the molecule is Cc1cccc(C(C)C)c1NC(=O)CN1CCC[C@H]2CCCC[C@@H]21. The van der Waals surface area contributed by atoms with Gasteiger partial charge in [0.05, 0.1) is 6.54 Å². The smallest absolute Gasteiger partial charge is 0.238 e. The van der Waals surface area contributed by atoms with Gasteiger partial charge in [0.15, 0.2) is 0 Å². The van der Waals surface area contributed by atoms with Crippen LogP contribution in [-0.2, 0) is 4.79 Å². The number of hydrogen-bond donors (Lipinski definition) is 1. The molecule has 0 aromatic heterocycles. The Hall–Kier alpha value is -1.35. The second kappa shape index (κ2) is 7.69. The Labute approximate surface area is 146 Å². The molecule has 2 atom stereocenters. The summed E-state index contributed by atoms with van der Waals surface area (Å²) < 4.78 is 0. The summed E-state index contributed by atoms with van der Waals surface area (Å²) in [7, 11) is 0. The lowest BCUT2D eigenvalue weighted by Gasteiger charge is -2.43. The van der Waals surface area contributed by atoms with E-state index in [9.17, 15) is 4.79 Å². The lowest BCUT2D eigenvalue weighted by Crippen LogP contribution is -2.49. The third kappa shape index (κ3) is 3.83. The van der Waals surface area contributed by atoms with Crippen molar-refractivity contribution in [3.8, 4) is 0 Å². The number of anilines is 1. The van der Waals surface area contributed by atoms with Gasteiger partial charge in [0.1, 0.15) is 0 Å². The van der Waals surface area contributed by atoms with E-state index in [1.807, 2.05) is 0 Å². The Morgan fingerprint density at radius 3 is 2.75 bits per heavy atom. The van der Waals surface area contributed by atoms with E-state index in [2.05, 4.69) is 49.2 Å². The highest BCUT2D eigenvalue weighted by Crippen LogP contribution is 2.35. The zero-order valence-electron chi connectivity index (χ0n) is 15.5. The van der Waals surface area contributed by atoms with Gasteiger partial charge >= 0.3 is 0 Å². The Morgan fingerprint density at radius 1 is 1.21 bits per heavy atom. The van der Waals surface area contributed by atoms with Crippen molar-refractivity contribution in [2.45, 2.75) is 71.3 Å². The first kappa shape index (κ1) is 17.5. The van der Waals surface area contributed by atoms with Crippen LogP contribution in [0.1, 0.15) is 69.4 Å². The summed E-state index contributed by atoms with van der Waals surface area (Å²) in [4.78, 5) is 15.2. The molecule has 132 valence electrons. The third-order valence-electron chi connectivity index (χ3n) is 5.90. The maximum absolute atomic E-state index is 12.7. The highest BCUT2D eigenvalue weighted by molar-refractivity contribution is 5.94. The van der Waals surface area contributed by atoms with Gasteiger partial charge < -0.3 is 5.32 Å². The Bertz CT molecular complexity index is 579. The standard InChI is InChI=1S/C21H32N2O/c1-15(2)18-11-6-8-16(3)21(18)22-20(24)14-23-13-7-10-17-9-4-5-12-19(17)23/h6,8,11,15,17,19H,4-5,7,9-10,12-14H2,1-3H3,(H,22,24)/t17-,19+/m1/s1. The molecule has 3 rings (SSSR count). The number of amides is 1. The molecule has 1 saturated heterocycles. The molecule has 3 heteroatoms. The molecule has 1 aromatic carbocycles. The molecule has 0 spiro atoms. The zero-order valence-corrected chi connectivity index (χ0v) is 15.5. The molecular formula is C21H32N2O. The second-order valence-electron chi connectivity index (χ2n) is 7.97. The fraction of sp³-hybridized carbons (Fsp3) is 0.667. The van der Waals surface area contributed by atoms with Gasteiger partial charge in [-0.05, 0) is 62.1 Å². The topological polar surface area (TPSA) is 32.3 Å². The molecule has 1 aliphatic carbocycles. The molecule has 1 N–H and O–H groups in total. The van der Waals surface area contributed by atoms with Gasteiger partial charge in [0, 0.05) is 11.7 Å². The Balaban J connectivity index is 1.67. The van der Waals surface area contributed by atoms with E-state index in [0.717, 1.165) is 23.7 Å². The lowest BCUT2D eigenvalue weighted by atomic mass is 9.78. The van der Waals surface area contributed by atoms with Crippen molar-refractivity contribution in [3.63, 3.8) is 0 Å². The highest BCUT2D eigenvalue weighted by atomic mass is 16.2. The fourth-order valence-electron chi connectivity index (χ4n) is 4.63. The van der Waals surface area contributed by atoms with Crippen LogP contribution in [0.25, 0.3) is 0 Å². The van der Waals surface area contributed by atoms with Crippen molar-refractivity contribution < 1.29 is 4.79 Å². The van der Waals surface area contributed by atoms with Gasteiger partial charge in [-0.1, -0.05) is 44.9 Å². The summed E-state index contributed by atoms with van der Waals surface area (Å²) in [5.74, 6) is 1.39. The lowest BCUT2D eigenvalue weighted by molar-refractivity contribution is -0.118. The normalized spacial score (nSPS) is 24.7. The second-order valence-corrected chi connectivity index (χ2v) is 7.97. The number of hydrogen-bond acceptors (Lipinski definition) is 2. The van der Waals surface area contributed by atoms with Gasteiger partial charge in [-0.15, -0.1) is 0 Å². The predicted octanol–water partition coefficient (Wildman–Crippen LogP) is 4.71. The Morgan fingerprint density at radius 2 is 1.96 bits per heavy atom. The number of fused-ring (bicyclic) bond motifs is 1. The number of benzene rings is 1. The van der Waals surface area contributed by atoms with Gasteiger partial charge in [0.25, 0.3) is 0 Å². The molecule has 1 aromatic rings. The molecule has 0 bridgehead atoms. The average molecular weight is 329 g/mol. The number of rotatable bonds is 4. The monoisotopic (exact) mass is 328 g/mol. The van der Waals surface area contributed by atoms with E-state index in [4.69, 9.17) is 0 Å². The van der Waals surface area contributed by atoms with E-state index in [1.165, 1.54) is 44.1 Å². The molecule has 24 heavy (non-hydrogen) atoms. The maximum Gasteiger partial charge on any atom is 0.238 e. The summed E-state index contributed by atoms with van der Waals surface area (Å²) in [5.41, 5.74) is 3.41. The first-order valence-electron chi connectivity index (χ1n) is 9.69. The number of nitrogens with one attached hydrogen (secondary N) is 1. The van der Waals surface area contributed by atoms with Crippen LogP contribution in [0.15, 0.2) is 18.2 Å². The van der Waals surface area contributed by atoms with E-state index in [1.54, 1.807) is 0 Å². The third-order valence-corrected chi connectivity index (χ3v) is 5.90. The summed E-state index contributed by atoms with van der Waals surface area (Å²) in [6, 6.07) is 6.93. The van der Waals surface area contributed by atoms with Crippen molar-refractivity contribution >= 4 is 11.6 Å². The van der Waals surface area contributed by atoms with Crippen LogP contribution < -0.4 is 5.32 Å². The molecule has 3 nitrogen and oxygen atoms in total. The minimum Gasteiger partial charge on any atom is -0.324 e. The fourth-order valence-corrected chi connectivity index (χ4v) is 4.63. The minimum absolute atomic E-state index is 0.150. The van der Waals surface area contributed by atoms with Crippen molar-refractivity contribution in [1.82, 2.24) is 4.90 Å². The Kier molecular flexibility index (Phi) is 5.60. The van der Waals surface area contributed by atoms with Crippen molar-refractivity contribution in [1.29, 1.82) is 0 Å². The summed E-state index contributed by atoms with van der Waals surface area (Å²) >= 11 is 0.